The highest BCUT2D eigenvalue weighted by Gasteiger charge is 2.26. The van der Waals surface area contributed by atoms with Crippen molar-refractivity contribution in [3.63, 3.8) is 0 Å². The Hall–Kier alpha value is -2.76. The predicted molar refractivity (Wildman–Crippen MR) is 124 cm³/mol. The zero-order valence-corrected chi connectivity index (χ0v) is 19.9. The molecule has 1 aliphatic carbocycles. The number of aliphatic hydroxyl groups is 1. The van der Waals surface area contributed by atoms with Crippen LogP contribution >= 0.6 is 0 Å². The van der Waals surface area contributed by atoms with E-state index in [1.807, 2.05) is 0 Å². The number of methoxy groups -OCH3 is 1. The first kappa shape index (κ1) is 23.4. The van der Waals surface area contributed by atoms with E-state index in [1.165, 1.54) is 32.7 Å². The Morgan fingerprint density at radius 2 is 2.00 bits per heavy atom. The first-order chi connectivity index (χ1) is 15.8. The number of aryl methyl sites for hydroxylation is 1. The summed E-state index contributed by atoms with van der Waals surface area (Å²) in [5.74, 6) is 0.784. The molecule has 2 N–H and O–H groups in total. The molecule has 0 atom stereocenters. The van der Waals surface area contributed by atoms with Gasteiger partial charge < -0.3 is 14.8 Å². The Morgan fingerprint density at radius 3 is 2.67 bits per heavy atom. The van der Waals surface area contributed by atoms with E-state index in [4.69, 9.17) is 9.84 Å². The van der Waals surface area contributed by atoms with Crippen molar-refractivity contribution < 1.29 is 18.3 Å². The van der Waals surface area contributed by atoms with E-state index >= 15 is 0 Å². The van der Waals surface area contributed by atoms with Gasteiger partial charge >= 0.3 is 0 Å². The molecule has 178 valence electrons. The van der Waals surface area contributed by atoms with Gasteiger partial charge in [0.1, 0.15) is 17.0 Å². The lowest BCUT2D eigenvalue weighted by molar-refractivity contribution is 0.266. The molecule has 0 unspecified atom stereocenters. The van der Waals surface area contributed by atoms with Crippen LogP contribution in [0.3, 0.4) is 0 Å². The molecule has 1 aromatic carbocycles. The average Bonchev–Trinajstić information content (AvgIpc) is 3.16. The first-order valence-corrected chi connectivity index (χ1v) is 12.4. The number of nitrogens with one attached hydrogen (secondary N) is 1. The van der Waals surface area contributed by atoms with Gasteiger partial charge in [-0.2, -0.15) is 9.40 Å². The lowest BCUT2D eigenvalue weighted by Gasteiger charge is -2.19. The highest BCUT2D eigenvalue weighted by molar-refractivity contribution is 7.89. The molecule has 0 saturated heterocycles. The number of rotatable bonds is 7. The van der Waals surface area contributed by atoms with Gasteiger partial charge in [-0.3, -0.25) is 4.79 Å². The number of nitrogens with zero attached hydrogens (tertiary/aromatic N) is 4. The van der Waals surface area contributed by atoms with Gasteiger partial charge in [-0.15, -0.1) is 0 Å². The average molecular weight is 476 g/mol. The van der Waals surface area contributed by atoms with Crippen LogP contribution in [0.4, 0.5) is 0 Å². The molecule has 0 aliphatic heterocycles. The molecule has 2 aromatic heterocycles. The van der Waals surface area contributed by atoms with Crippen molar-refractivity contribution in [3.05, 3.63) is 34.2 Å². The molecule has 1 saturated carbocycles. The molecule has 0 spiro atoms. The summed E-state index contributed by atoms with van der Waals surface area (Å²) in [5.41, 5.74) is 1.47. The second-order valence-corrected chi connectivity index (χ2v) is 10.4. The maximum Gasteiger partial charge on any atom is 0.262 e. The minimum atomic E-state index is -3.80. The minimum Gasteiger partial charge on any atom is -0.496 e. The van der Waals surface area contributed by atoms with Gasteiger partial charge in [0.05, 0.1) is 29.9 Å². The van der Waals surface area contributed by atoms with Gasteiger partial charge in [0.2, 0.25) is 10.0 Å². The smallest absolute Gasteiger partial charge is 0.262 e. The number of aliphatic hydroxyl groups excluding tert-OH is 1. The Bertz CT molecular complexity index is 1320. The van der Waals surface area contributed by atoms with Crippen LogP contribution < -0.4 is 10.3 Å². The largest absolute Gasteiger partial charge is 0.496 e. The maximum atomic E-state index is 13.1. The fraction of sp³-hybridized carbons (Fsp3) is 0.500. The van der Waals surface area contributed by atoms with E-state index in [0.29, 0.717) is 16.6 Å². The fourth-order valence-electron chi connectivity index (χ4n) is 4.44. The number of H-pyrrole nitrogens is 1. The standard InChI is InChI=1S/C22H29N5O5S/c1-26(11-12-28)33(30,31)15-9-10-16(17(13-15)32-3)20-23-21-18(22(29)24-20)19(25-27(21)2)14-7-5-4-6-8-14/h9-10,13-14,28H,4-8,11-12H2,1-3H3,(H,23,24,29). The molecule has 3 aromatic rings. The monoisotopic (exact) mass is 475 g/mol. The van der Waals surface area contributed by atoms with Gasteiger partial charge in [0, 0.05) is 32.6 Å². The van der Waals surface area contributed by atoms with Crippen LogP contribution in [0.25, 0.3) is 22.4 Å². The van der Waals surface area contributed by atoms with Crippen LogP contribution in [0.5, 0.6) is 5.75 Å². The summed E-state index contributed by atoms with van der Waals surface area (Å²) in [5, 5.41) is 14.2. The zero-order valence-electron chi connectivity index (χ0n) is 19.0. The summed E-state index contributed by atoms with van der Waals surface area (Å²) in [4.78, 5) is 20.6. The third kappa shape index (κ3) is 4.28. The van der Waals surface area contributed by atoms with Crippen molar-refractivity contribution in [1.82, 2.24) is 24.1 Å². The predicted octanol–water partition coefficient (Wildman–Crippen LogP) is 1.99. The molecule has 1 fully saturated rings. The number of aromatic nitrogens is 4. The van der Waals surface area contributed by atoms with E-state index in [1.54, 1.807) is 17.8 Å². The Balaban J connectivity index is 1.79. The second kappa shape index (κ2) is 9.24. The number of hydrogen-bond acceptors (Lipinski definition) is 7. The van der Waals surface area contributed by atoms with Crippen molar-refractivity contribution in [2.45, 2.75) is 42.9 Å². The molecule has 4 rings (SSSR count). The molecular formula is C22H29N5O5S. The van der Waals surface area contributed by atoms with Crippen molar-refractivity contribution in [2.24, 2.45) is 7.05 Å². The van der Waals surface area contributed by atoms with E-state index in [0.717, 1.165) is 35.7 Å². The van der Waals surface area contributed by atoms with Gasteiger partial charge in [-0.25, -0.2) is 18.1 Å². The Morgan fingerprint density at radius 1 is 1.27 bits per heavy atom. The van der Waals surface area contributed by atoms with E-state index in [-0.39, 0.29) is 41.1 Å². The summed E-state index contributed by atoms with van der Waals surface area (Å²) >= 11 is 0. The molecule has 0 bridgehead atoms. The molecule has 33 heavy (non-hydrogen) atoms. The summed E-state index contributed by atoms with van der Waals surface area (Å²) in [7, 11) is 0.787. The zero-order chi connectivity index (χ0) is 23.8. The van der Waals surface area contributed by atoms with Crippen LogP contribution in [0, 0.1) is 0 Å². The Labute approximate surface area is 192 Å². The SMILES string of the molecule is COc1cc(S(=O)(=O)N(C)CCO)ccc1-c1nc2c(c(C3CCCCC3)nn2C)c(=O)[nH]1. The van der Waals surface area contributed by atoms with Crippen molar-refractivity contribution in [2.75, 3.05) is 27.3 Å². The van der Waals surface area contributed by atoms with Crippen molar-refractivity contribution in [3.8, 4) is 17.1 Å². The summed E-state index contributed by atoms with van der Waals surface area (Å²) in [6.45, 7) is -0.314. The van der Waals surface area contributed by atoms with Crippen LogP contribution in [-0.4, -0.2) is 64.9 Å². The van der Waals surface area contributed by atoms with Crippen LogP contribution in [0.1, 0.15) is 43.7 Å². The van der Waals surface area contributed by atoms with Crippen LogP contribution in [0.2, 0.25) is 0 Å². The van der Waals surface area contributed by atoms with E-state index < -0.39 is 10.0 Å². The number of ether oxygens (including phenoxy) is 1. The minimum absolute atomic E-state index is 0.0163. The van der Waals surface area contributed by atoms with Crippen molar-refractivity contribution >= 4 is 21.1 Å². The van der Waals surface area contributed by atoms with Crippen molar-refractivity contribution in [1.29, 1.82) is 0 Å². The van der Waals surface area contributed by atoms with Gasteiger partial charge in [-0.05, 0) is 25.0 Å². The highest BCUT2D eigenvalue weighted by atomic mass is 32.2. The number of fused-ring (bicyclic) bond motifs is 1. The van der Waals surface area contributed by atoms with Crippen LogP contribution in [-0.2, 0) is 17.1 Å². The quantitative estimate of drug-likeness (QED) is 0.534. The number of likely N-dealkylation sites (N-methyl/N-ethyl adjacent to an activating group) is 1. The molecule has 10 nitrogen and oxygen atoms in total. The number of sulfonamides is 1. The molecule has 0 radical (unpaired) electrons. The van der Waals surface area contributed by atoms with E-state index in [9.17, 15) is 13.2 Å². The summed E-state index contributed by atoms with van der Waals surface area (Å²) in [6, 6.07) is 4.38. The number of aromatic amines is 1. The molecule has 1 aliphatic rings. The highest BCUT2D eigenvalue weighted by Crippen LogP contribution is 2.35. The third-order valence-electron chi connectivity index (χ3n) is 6.26. The lowest BCUT2D eigenvalue weighted by Crippen LogP contribution is -2.29. The molecular weight excluding hydrogens is 446 g/mol. The normalized spacial score (nSPS) is 15.4. The summed E-state index contributed by atoms with van der Waals surface area (Å²) < 4.78 is 33.6. The topological polar surface area (TPSA) is 130 Å². The molecule has 0 amide bonds. The fourth-order valence-corrected chi connectivity index (χ4v) is 5.62. The molecule has 2 heterocycles. The van der Waals surface area contributed by atoms with Gasteiger partial charge in [0.25, 0.3) is 5.56 Å². The van der Waals surface area contributed by atoms with Gasteiger partial charge in [0.15, 0.2) is 5.65 Å². The summed E-state index contributed by atoms with van der Waals surface area (Å²) in [6.07, 6.45) is 5.50. The number of hydrogen-bond donors (Lipinski definition) is 2. The first-order valence-electron chi connectivity index (χ1n) is 11.0. The lowest BCUT2D eigenvalue weighted by atomic mass is 9.86. The molecule has 11 heteroatoms. The van der Waals surface area contributed by atoms with Gasteiger partial charge in [-0.1, -0.05) is 19.3 Å². The maximum absolute atomic E-state index is 13.1. The Kier molecular flexibility index (Phi) is 6.55. The van der Waals surface area contributed by atoms with Crippen LogP contribution in [0.15, 0.2) is 27.9 Å². The number of benzene rings is 1. The van der Waals surface area contributed by atoms with E-state index in [2.05, 4.69) is 15.1 Å². The third-order valence-corrected chi connectivity index (χ3v) is 8.12. The second-order valence-electron chi connectivity index (χ2n) is 8.37.